The van der Waals surface area contributed by atoms with Gasteiger partial charge < -0.3 is 19.6 Å². The molecule has 1 amide bonds. The van der Waals surface area contributed by atoms with Gasteiger partial charge >= 0.3 is 6.09 Å². The van der Waals surface area contributed by atoms with Crippen LogP contribution in [0.15, 0.2) is 34.9 Å². The van der Waals surface area contributed by atoms with E-state index in [9.17, 15) is 9.90 Å². The number of para-hydroxylation sites is 1. The lowest BCUT2D eigenvalue weighted by molar-refractivity contribution is 0.0483. The van der Waals surface area contributed by atoms with Crippen LogP contribution >= 0.6 is 0 Å². The SMILES string of the molecule is CC(C)(C)OC(=O)N[C@@H](CO)Cc1coc2ccccc12. The van der Waals surface area contributed by atoms with Gasteiger partial charge in [0, 0.05) is 10.9 Å². The highest BCUT2D eigenvalue weighted by atomic mass is 16.6. The van der Waals surface area contributed by atoms with Crippen molar-refractivity contribution in [2.45, 2.75) is 38.8 Å². The van der Waals surface area contributed by atoms with Gasteiger partial charge in [0.05, 0.1) is 18.9 Å². The van der Waals surface area contributed by atoms with Crippen LogP contribution in [0, 0.1) is 0 Å². The van der Waals surface area contributed by atoms with Crippen molar-refractivity contribution in [3.8, 4) is 0 Å². The largest absolute Gasteiger partial charge is 0.464 e. The van der Waals surface area contributed by atoms with Crippen molar-refractivity contribution in [3.63, 3.8) is 0 Å². The van der Waals surface area contributed by atoms with E-state index in [-0.39, 0.29) is 6.61 Å². The van der Waals surface area contributed by atoms with Gasteiger partial charge in [0.1, 0.15) is 11.2 Å². The average molecular weight is 291 g/mol. The number of alkyl carbamates (subject to hydrolysis) is 1. The summed E-state index contributed by atoms with van der Waals surface area (Å²) in [6.07, 6.45) is 1.60. The molecule has 1 atom stereocenters. The van der Waals surface area contributed by atoms with Crippen molar-refractivity contribution in [3.05, 3.63) is 36.1 Å². The lowest BCUT2D eigenvalue weighted by Gasteiger charge is -2.22. The molecule has 2 aromatic rings. The summed E-state index contributed by atoms with van der Waals surface area (Å²) in [5, 5.41) is 13.1. The van der Waals surface area contributed by atoms with Gasteiger partial charge in [-0.1, -0.05) is 18.2 Å². The van der Waals surface area contributed by atoms with E-state index in [1.807, 2.05) is 24.3 Å². The molecule has 0 fully saturated rings. The van der Waals surface area contributed by atoms with Crippen molar-refractivity contribution < 1.29 is 19.1 Å². The molecule has 114 valence electrons. The number of hydrogen-bond donors (Lipinski definition) is 2. The lowest BCUT2D eigenvalue weighted by atomic mass is 10.1. The van der Waals surface area contributed by atoms with Gasteiger partial charge in [0.25, 0.3) is 0 Å². The van der Waals surface area contributed by atoms with Crippen LogP contribution in [-0.4, -0.2) is 29.4 Å². The molecule has 0 saturated heterocycles. The number of aliphatic hydroxyl groups is 1. The number of hydrogen-bond acceptors (Lipinski definition) is 4. The quantitative estimate of drug-likeness (QED) is 0.908. The summed E-state index contributed by atoms with van der Waals surface area (Å²) in [6, 6.07) is 7.25. The Hall–Kier alpha value is -2.01. The van der Waals surface area contributed by atoms with Crippen molar-refractivity contribution in [2.24, 2.45) is 0 Å². The number of fused-ring (bicyclic) bond motifs is 1. The predicted octanol–water partition coefficient (Wildman–Crippen LogP) is 2.86. The third kappa shape index (κ3) is 4.23. The summed E-state index contributed by atoms with van der Waals surface area (Å²) >= 11 is 0. The average Bonchev–Trinajstić information content (AvgIpc) is 2.79. The molecule has 0 saturated carbocycles. The van der Waals surface area contributed by atoms with E-state index < -0.39 is 17.7 Å². The first-order valence-corrected chi connectivity index (χ1v) is 6.94. The molecule has 1 aromatic carbocycles. The predicted molar refractivity (Wildman–Crippen MR) is 80.2 cm³/mol. The molecule has 0 spiro atoms. The Bertz CT molecular complexity index is 612. The first kappa shape index (κ1) is 15.4. The number of rotatable bonds is 4. The zero-order valence-corrected chi connectivity index (χ0v) is 12.6. The van der Waals surface area contributed by atoms with E-state index in [0.29, 0.717) is 6.42 Å². The fourth-order valence-electron chi connectivity index (χ4n) is 2.09. The van der Waals surface area contributed by atoms with Crippen LogP contribution in [0.2, 0.25) is 0 Å². The molecule has 2 rings (SSSR count). The van der Waals surface area contributed by atoms with Crippen molar-refractivity contribution in [1.29, 1.82) is 0 Å². The molecular weight excluding hydrogens is 270 g/mol. The van der Waals surface area contributed by atoms with Crippen LogP contribution in [0.1, 0.15) is 26.3 Å². The van der Waals surface area contributed by atoms with E-state index in [2.05, 4.69) is 5.32 Å². The second kappa shape index (κ2) is 6.18. The first-order chi connectivity index (χ1) is 9.89. The third-order valence-corrected chi connectivity index (χ3v) is 2.97. The van der Waals surface area contributed by atoms with Crippen molar-refractivity contribution in [1.82, 2.24) is 5.32 Å². The van der Waals surface area contributed by atoms with E-state index in [0.717, 1.165) is 16.5 Å². The Morgan fingerprint density at radius 3 is 2.76 bits per heavy atom. The summed E-state index contributed by atoms with van der Waals surface area (Å²) < 4.78 is 10.6. The molecule has 2 N–H and O–H groups in total. The molecule has 0 radical (unpaired) electrons. The number of carbonyl (C=O) groups excluding carboxylic acids is 1. The summed E-state index contributed by atoms with van der Waals surface area (Å²) in [6.45, 7) is 5.22. The van der Waals surface area contributed by atoms with Gasteiger partial charge in [-0.15, -0.1) is 0 Å². The zero-order chi connectivity index (χ0) is 15.5. The molecule has 0 bridgehead atoms. The highest BCUT2D eigenvalue weighted by Gasteiger charge is 2.20. The van der Waals surface area contributed by atoms with Crippen LogP contribution in [0.3, 0.4) is 0 Å². The maximum atomic E-state index is 11.8. The van der Waals surface area contributed by atoms with Gasteiger partial charge in [-0.2, -0.15) is 0 Å². The molecular formula is C16H21NO4. The molecule has 0 aliphatic carbocycles. The minimum absolute atomic E-state index is 0.168. The highest BCUT2D eigenvalue weighted by molar-refractivity contribution is 5.81. The standard InChI is InChI=1S/C16H21NO4/c1-16(2,3)21-15(19)17-12(9-18)8-11-10-20-14-7-5-4-6-13(11)14/h4-7,10,12,18H,8-9H2,1-3H3,(H,17,19)/t12-/m1/s1. The Balaban J connectivity index is 2.04. The normalized spacial score (nSPS) is 13.1. The minimum Gasteiger partial charge on any atom is -0.464 e. The Morgan fingerprint density at radius 1 is 1.38 bits per heavy atom. The van der Waals surface area contributed by atoms with Gasteiger partial charge in [0.2, 0.25) is 0 Å². The number of ether oxygens (including phenoxy) is 1. The smallest absolute Gasteiger partial charge is 0.407 e. The summed E-state index contributed by atoms with van der Waals surface area (Å²) in [5.41, 5.74) is 1.18. The van der Waals surface area contributed by atoms with Crippen molar-refractivity contribution >= 4 is 17.1 Å². The van der Waals surface area contributed by atoms with Crippen LogP contribution < -0.4 is 5.32 Å². The Morgan fingerprint density at radius 2 is 2.10 bits per heavy atom. The molecule has 5 nitrogen and oxygen atoms in total. The van der Waals surface area contributed by atoms with Crippen LogP contribution in [0.4, 0.5) is 4.79 Å². The van der Waals surface area contributed by atoms with Crippen LogP contribution in [0.5, 0.6) is 0 Å². The lowest BCUT2D eigenvalue weighted by Crippen LogP contribution is -2.42. The van der Waals surface area contributed by atoms with Crippen LogP contribution in [0.25, 0.3) is 11.0 Å². The molecule has 5 heteroatoms. The fraction of sp³-hybridized carbons (Fsp3) is 0.438. The first-order valence-electron chi connectivity index (χ1n) is 6.94. The van der Waals surface area contributed by atoms with Crippen LogP contribution in [-0.2, 0) is 11.2 Å². The van der Waals surface area contributed by atoms with E-state index in [1.165, 1.54) is 0 Å². The fourth-order valence-corrected chi connectivity index (χ4v) is 2.09. The topological polar surface area (TPSA) is 71.7 Å². The molecule has 1 aromatic heterocycles. The number of aliphatic hydroxyl groups excluding tert-OH is 1. The number of amides is 1. The highest BCUT2D eigenvalue weighted by Crippen LogP contribution is 2.22. The monoisotopic (exact) mass is 291 g/mol. The summed E-state index contributed by atoms with van der Waals surface area (Å²) in [7, 11) is 0. The Labute approximate surface area is 123 Å². The minimum atomic E-state index is -0.563. The van der Waals surface area contributed by atoms with Gasteiger partial charge in [0.15, 0.2) is 0 Å². The molecule has 21 heavy (non-hydrogen) atoms. The molecule has 0 unspecified atom stereocenters. The maximum Gasteiger partial charge on any atom is 0.407 e. The number of furan rings is 1. The van der Waals surface area contributed by atoms with E-state index in [1.54, 1.807) is 27.0 Å². The molecule has 0 aliphatic heterocycles. The van der Waals surface area contributed by atoms with Gasteiger partial charge in [-0.05, 0) is 33.3 Å². The van der Waals surface area contributed by atoms with Gasteiger partial charge in [-0.25, -0.2) is 4.79 Å². The maximum absolute atomic E-state index is 11.8. The third-order valence-electron chi connectivity index (χ3n) is 2.97. The number of nitrogens with one attached hydrogen (secondary N) is 1. The summed E-state index contributed by atoms with van der Waals surface area (Å²) in [4.78, 5) is 11.8. The Kier molecular flexibility index (Phi) is 4.53. The van der Waals surface area contributed by atoms with E-state index in [4.69, 9.17) is 9.15 Å². The molecule has 1 heterocycles. The summed E-state index contributed by atoms with van der Waals surface area (Å²) in [5.74, 6) is 0. The zero-order valence-electron chi connectivity index (χ0n) is 12.6. The second-order valence-corrected chi connectivity index (χ2v) is 5.99. The number of benzene rings is 1. The number of carbonyl (C=O) groups is 1. The molecule has 0 aliphatic rings. The second-order valence-electron chi connectivity index (χ2n) is 5.99. The van der Waals surface area contributed by atoms with Crippen molar-refractivity contribution in [2.75, 3.05) is 6.61 Å². The van der Waals surface area contributed by atoms with E-state index >= 15 is 0 Å². The van der Waals surface area contributed by atoms with Gasteiger partial charge in [-0.3, -0.25) is 0 Å².